The Morgan fingerprint density at radius 3 is 2.37 bits per heavy atom. The van der Waals surface area contributed by atoms with Crippen molar-refractivity contribution in [3.63, 3.8) is 0 Å². The molecular formula is C42H53N5O6S. The standard InChI is InChI=1S/C42H53N5O6S/c1-25(2)21-47-39(36(20-43-47)42(49)45-22-27(5)53-28(6)23-45)32-17-31-18-33(52-7)14-16-34(31)40-38(29-11-9-8-10-12-29)35-15-13-30(19-37(35)46(40)24-32)41(48)44-54(50,51)26(3)4/h13-20,25-29H,8-12,21-24H2,1-7H3,(H,44,48). The van der Waals surface area contributed by atoms with E-state index >= 15 is 0 Å². The number of hydrogen-bond acceptors (Lipinski definition) is 7. The summed E-state index contributed by atoms with van der Waals surface area (Å²) < 4.78 is 43.8. The highest BCUT2D eigenvalue weighted by Crippen LogP contribution is 2.48. The van der Waals surface area contributed by atoms with E-state index in [9.17, 15) is 18.0 Å². The van der Waals surface area contributed by atoms with Gasteiger partial charge in [0.25, 0.3) is 11.8 Å². The molecule has 0 spiro atoms. The second-order valence-electron chi connectivity index (χ2n) is 16.0. The van der Waals surface area contributed by atoms with Crippen LogP contribution in [0.15, 0.2) is 42.6 Å². The Balaban J connectivity index is 1.46. The van der Waals surface area contributed by atoms with Gasteiger partial charge in [-0.25, -0.2) is 13.1 Å². The minimum absolute atomic E-state index is 0.0798. The highest BCUT2D eigenvalue weighted by atomic mass is 32.2. The zero-order valence-corrected chi connectivity index (χ0v) is 33.3. The number of hydrogen-bond donors (Lipinski definition) is 1. The molecule has 2 amide bonds. The molecule has 1 saturated heterocycles. The van der Waals surface area contributed by atoms with Crippen molar-refractivity contribution in [1.29, 1.82) is 0 Å². The average Bonchev–Trinajstić information content (AvgIpc) is 3.63. The van der Waals surface area contributed by atoms with Crippen LogP contribution in [0.25, 0.3) is 33.8 Å². The number of amides is 2. The number of nitrogens with one attached hydrogen (secondary N) is 1. The lowest BCUT2D eigenvalue weighted by molar-refractivity contribution is -0.0586. The normalized spacial score (nSPS) is 19.4. The quantitative estimate of drug-likeness (QED) is 0.188. The van der Waals surface area contributed by atoms with Gasteiger partial charge < -0.3 is 18.9 Å². The number of morpholine rings is 1. The number of ether oxygens (including phenoxy) is 2. The van der Waals surface area contributed by atoms with Crippen LogP contribution in [0.4, 0.5) is 0 Å². The van der Waals surface area contributed by atoms with E-state index in [-0.39, 0.29) is 29.6 Å². The fraction of sp³-hybridized carbons (Fsp3) is 0.500. The molecule has 1 N–H and O–H groups in total. The Morgan fingerprint density at radius 1 is 0.981 bits per heavy atom. The van der Waals surface area contributed by atoms with Gasteiger partial charge in [-0.15, -0.1) is 0 Å². The fourth-order valence-corrected chi connectivity index (χ4v) is 9.12. The van der Waals surface area contributed by atoms with Crippen molar-refractivity contribution in [2.75, 3.05) is 20.2 Å². The number of fused-ring (bicyclic) bond motifs is 5. The molecule has 4 aromatic rings. The molecule has 288 valence electrons. The third-order valence-electron chi connectivity index (χ3n) is 11.0. The molecule has 0 radical (unpaired) electrons. The lowest BCUT2D eigenvalue weighted by atomic mass is 9.81. The Bertz CT molecular complexity index is 2220. The van der Waals surface area contributed by atoms with Gasteiger partial charge in [0.15, 0.2) is 0 Å². The van der Waals surface area contributed by atoms with E-state index in [1.165, 1.54) is 12.0 Å². The zero-order valence-electron chi connectivity index (χ0n) is 32.5. The highest BCUT2D eigenvalue weighted by Gasteiger charge is 2.34. The minimum atomic E-state index is -3.84. The summed E-state index contributed by atoms with van der Waals surface area (Å²) in [5, 5.41) is 5.13. The van der Waals surface area contributed by atoms with Gasteiger partial charge in [0.2, 0.25) is 10.0 Å². The molecule has 2 aliphatic heterocycles. The minimum Gasteiger partial charge on any atom is -0.497 e. The zero-order chi connectivity index (χ0) is 38.5. The van der Waals surface area contributed by atoms with Crippen molar-refractivity contribution in [1.82, 2.24) is 24.0 Å². The SMILES string of the molecule is COc1ccc2c(c1)C=C(c1c(C(=O)N3CC(C)OC(C)C3)cnn1CC(C)C)Cn1c-2c(C2CCCCC2)c2ccc(C(=O)NS(=O)(=O)C(C)C)cc21. The number of rotatable bonds is 9. The largest absolute Gasteiger partial charge is 0.497 e. The first-order valence-electron chi connectivity index (χ1n) is 19.4. The molecule has 2 aromatic heterocycles. The third-order valence-corrected chi connectivity index (χ3v) is 12.7. The second kappa shape index (κ2) is 15.0. The maximum Gasteiger partial charge on any atom is 0.264 e. The van der Waals surface area contributed by atoms with Crippen LogP contribution in [0.2, 0.25) is 0 Å². The molecule has 11 nitrogen and oxygen atoms in total. The van der Waals surface area contributed by atoms with Crippen molar-refractivity contribution in [3.8, 4) is 17.0 Å². The first-order valence-corrected chi connectivity index (χ1v) is 20.9. The van der Waals surface area contributed by atoms with Gasteiger partial charge >= 0.3 is 0 Å². The maximum absolute atomic E-state index is 14.5. The Labute approximate surface area is 318 Å². The molecule has 1 aliphatic carbocycles. The van der Waals surface area contributed by atoms with Crippen molar-refractivity contribution < 1.29 is 27.5 Å². The smallest absolute Gasteiger partial charge is 0.264 e. The van der Waals surface area contributed by atoms with Crippen molar-refractivity contribution in [2.45, 2.75) is 110 Å². The number of methoxy groups -OCH3 is 1. The molecule has 2 aromatic carbocycles. The molecule has 2 fully saturated rings. The van der Waals surface area contributed by atoms with Gasteiger partial charge in [-0.1, -0.05) is 39.2 Å². The molecule has 0 bridgehead atoms. The lowest BCUT2D eigenvalue weighted by Crippen LogP contribution is -2.48. The molecule has 7 rings (SSSR count). The van der Waals surface area contributed by atoms with Gasteiger partial charge in [0.1, 0.15) is 5.75 Å². The molecule has 2 atom stereocenters. The van der Waals surface area contributed by atoms with Gasteiger partial charge in [-0.2, -0.15) is 5.10 Å². The molecule has 12 heteroatoms. The lowest BCUT2D eigenvalue weighted by Gasteiger charge is -2.35. The van der Waals surface area contributed by atoms with Crippen molar-refractivity contribution in [3.05, 3.63) is 70.5 Å². The Kier molecular flexibility index (Phi) is 10.5. The molecular weight excluding hydrogens is 703 g/mol. The maximum atomic E-state index is 14.5. The highest BCUT2D eigenvalue weighted by molar-refractivity contribution is 7.90. The van der Waals surface area contributed by atoms with E-state index in [1.807, 2.05) is 41.6 Å². The van der Waals surface area contributed by atoms with Gasteiger partial charge in [0, 0.05) is 41.7 Å². The van der Waals surface area contributed by atoms with Crippen LogP contribution in [0.5, 0.6) is 5.75 Å². The van der Waals surface area contributed by atoms with Crippen molar-refractivity contribution >= 4 is 44.4 Å². The first kappa shape index (κ1) is 37.9. The number of carbonyl (C=O) groups excluding carboxylic acids is 2. The Hall–Kier alpha value is -4.42. The van der Waals surface area contributed by atoms with Crippen LogP contribution in [0.1, 0.15) is 117 Å². The number of aromatic nitrogens is 3. The van der Waals surface area contributed by atoms with Crippen molar-refractivity contribution in [2.24, 2.45) is 5.92 Å². The second-order valence-corrected chi connectivity index (χ2v) is 18.3. The molecule has 1 saturated carbocycles. The van der Waals surface area contributed by atoms with E-state index in [4.69, 9.17) is 14.6 Å². The number of nitrogens with zero attached hydrogens (tertiary/aromatic N) is 4. The summed E-state index contributed by atoms with van der Waals surface area (Å²) in [6.07, 6.45) is 9.31. The number of benzene rings is 2. The van der Waals surface area contributed by atoms with Crippen LogP contribution in [0, 0.1) is 5.92 Å². The molecule has 54 heavy (non-hydrogen) atoms. The van der Waals surface area contributed by atoms with Crippen LogP contribution in [-0.2, 0) is 27.8 Å². The van der Waals surface area contributed by atoms with Gasteiger partial charge in [0.05, 0.1) is 54.3 Å². The average molecular weight is 756 g/mol. The Morgan fingerprint density at radius 2 is 1.70 bits per heavy atom. The van der Waals surface area contributed by atoms with Crippen LogP contribution >= 0.6 is 0 Å². The predicted octanol–water partition coefficient (Wildman–Crippen LogP) is 7.49. The predicted molar refractivity (Wildman–Crippen MR) is 212 cm³/mol. The number of sulfonamides is 1. The summed E-state index contributed by atoms with van der Waals surface area (Å²) in [4.78, 5) is 29.9. The molecule has 3 aliphatic rings. The first-order chi connectivity index (χ1) is 25.7. The summed E-state index contributed by atoms with van der Waals surface area (Å²) in [5.74, 6) is 0.555. The van der Waals surface area contributed by atoms with Gasteiger partial charge in [-0.05, 0) is 105 Å². The van der Waals surface area contributed by atoms with E-state index < -0.39 is 21.2 Å². The van der Waals surface area contributed by atoms with Crippen LogP contribution in [-0.4, -0.2) is 77.1 Å². The summed E-state index contributed by atoms with van der Waals surface area (Å²) in [7, 11) is -2.18. The summed E-state index contributed by atoms with van der Waals surface area (Å²) in [5.41, 5.74) is 7.64. The summed E-state index contributed by atoms with van der Waals surface area (Å²) in [6.45, 7) is 13.3. The van der Waals surface area contributed by atoms with E-state index in [2.05, 4.69) is 41.3 Å². The summed E-state index contributed by atoms with van der Waals surface area (Å²) in [6, 6.07) is 11.7. The summed E-state index contributed by atoms with van der Waals surface area (Å²) >= 11 is 0. The van der Waals surface area contributed by atoms with E-state index in [0.717, 1.165) is 70.4 Å². The van der Waals surface area contributed by atoms with Gasteiger partial charge in [-0.3, -0.25) is 14.3 Å². The van der Waals surface area contributed by atoms with Crippen LogP contribution in [0.3, 0.4) is 0 Å². The third kappa shape index (κ3) is 7.22. The number of carbonyl (C=O) groups is 2. The van der Waals surface area contributed by atoms with E-state index in [1.54, 1.807) is 33.2 Å². The fourth-order valence-electron chi connectivity index (χ4n) is 8.51. The molecule has 4 heterocycles. The van der Waals surface area contributed by atoms with E-state index in [0.29, 0.717) is 37.7 Å². The monoisotopic (exact) mass is 755 g/mol. The topological polar surface area (TPSA) is 125 Å². The number of allylic oxidation sites excluding steroid dienone is 1. The molecule has 2 unspecified atom stereocenters. The van der Waals surface area contributed by atoms with Crippen LogP contribution < -0.4 is 9.46 Å².